The normalized spacial score (nSPS) is 17.6. The van der Waals surface area contributed by atoms with Gasteiger partial charge in [0.05, 0.1) is 0 Å². The van der Waals surface area contributed by atoms with Gasteiger partial charge in [-0.3, -0.25) is 22.9 Å². The van der Waals surface area contributed by atoms with Crippen molar-refractivity contribution in [1.29, 1.82) is 0 Å². The maximum atomic E-state index is 5.84. The van der Waals surface area contributed by atoms with Crippen molar-refractivity contribution in [3.63, 3.8) is 0 Å². The third-order valence-corrected chi connectivity index (χ3v) is 3.12. The highest BCUT2D eigenvalue weighted by Gasteiger charge is 2.38. The molecule has 0 bridgehead atoms. The first-order valence-electron chi connectivity index (χ1n) is 5.53. The second-order valence-electron chi connectivity index (χ2n) is 4.43. The third kappa shape index (κ3) is 4.04. The van der Waals surface area contributed by atoms with Gasteiger partial charge in [-0.05, 0) is 12.8 Å². The molecular weight excluding hydrogens is 192 g/mol. The SMILES string of the molecule is CCC(C)C(N)(N)OC(N)(N)C(C)CC. The fraction of sp³-hybridized carbons (Fsp3) is 1.00. The molecule has 0 aliphatic carbocycles. The molecule has 0 aromatic carbocycles. The summed E-state index contributed by atoms with van der Waals surface area (Å²) >= 11 is 0. The van der Waals surface area contributed by atoms with Crippen molar-refractivity contribution in [2.24, 2.45) is 34.8 Å². The molecule has 0 saturated heterocycles. The van der Waals surface area contributed by atoms with E-state index in [2.05, 4.69) is 0 Å². The number of rotatable bonds is 6. The monoisotopic (exact) mass is 218 g/mol. The van der Waals surface area contributed by atoms with E-state index in [1.807, 2.05) is 27.7 Å². The number of hydrogen-bond acceptors (Lipinski definition) is 5. The fourth-order valence-electron chi connectivity index (χ4n) is 1.15. The average molecular weight is 218 g/mol. The molecule has 0 radical (unpaired) electrons. The van der Waals surface area contributed by atoms with Crippen molar-refractivity contribution < 1.29 is 4.74 Å². The van der Waals surface area contributed by atoms with Gasteiger partial charge in [-0.15, -0.1) is 0 Å². The van der Waals surface area contributed by atoms with E-state index in [0.717, 1.165) is 12.8 Å². The van der Waals surface area contributed by atoms with Gasteiger partial charge in [-0.2, -0.15) is 0 Å². The fourth-order valence-corrected chi connectivity index (χ4v) is 1.15. The topological polar surface area (TPSA) is 113 Å². The van der Waals surface area contributed by atoms with E-state index in [1.165, 1.54) is 0 Å². The molecule has 5 nitrogen and oxygen atoms in total. The van der Waals surface area contributed by atoms with Crippen LogP contribution in [0.15, 0.2) is 0 Å². The van der Waals surface area contributed by atoms with Gasteiger partial charge in [-0.1, -0.05) is 27.7 Å². The number of nitrogens with two attached hydrogens (primary N) is 4. The molecule has 0 heterocycles. The van der Waals surface area contributed by atoms with E-state index >= 15 is 0 Å². The van der Waals surface area contributed by atoms with Gasteiger partial charge < -0.3 is 4.74 Å². The van der Waals surface area contributed by atoms with Crippen LogP contribution in [0.25, 0.3) is 0 Å². The standard InChI is InChI=1S/C10H26N4O/c1-5-7(3)9(11,12)15-10(13,14)8(4)6-2/h7-8H,5-6,11-14H2,1-4H3. The summed E-state index contributed by atoms with van der Waals surface area (Å²) in [6.07, 6.45) is 1.62. The lowest BCUT2D eigenvalue weighted by Crippen LogP contribution is -2.68. The van der Waals surface area contributed by atoms with E-state index in [9.17, 15) is 0 Å². The van der Waals surface area contributed by atoms with Crippen LogP contribution in [0.2, 0.25) is 0 Å². The van der Waals surface area contributed by atoms with Crippen molar-refractivity contribution >= 4 is 0 Å². The Bertz CT molecular complexity index is 174. The Labute approximate surface area is 92.5 Å². The Morgan fingerprint density at radius 1 is 0.867 bits per heavy atom. The van der Waals surface area contributed by atoms with Crippen molar-refractivity contribution in [3.05, 3.63) is 0 Å². The van der Waals surface area contributed by atoms with Crippen LogP contribution in [-0.4, -0.2) is 11.7 Å². The van der Waals surface area contributed by atoms with Crippen molar-refractivity contribution in [1.82, 2.24) is 0 Å². The minimum Gasteiger partial charge on any atom is -0.313 e. The first-order valence-corrected chi connectivity index (χ1v) is 5.53. The second-order valence-corrected chi connectivity index (χ2v) is 4.43. The van der Waals surface area contributed by atoms with Crippen LogP contribution in [0.4, 0.5) is 0 Å². The van der Waals surface area contributed by atoms with Gasteiger partial charge in [-0.25, -0.2) is 0 Å². The molecule has 0 aromatic heterocycles. The third-order valence-electron chi connectivity index (χ3n) is 3.12. The summed E-state index contributed by atoms with van der Waals surface area (Å²) in [6, 6.07) is 0. The Kier molecular flexibility index (Phi) is 5.16. The Balaban J connectivity index is 4.56. The van der Waals surface area contributed by atoms with E-state index in [-0.39, 0.29) is 11.8 Å². The summed E-state index contributed by atoms with van der Waals surface area (Å²) in [7, 11) is 0. The zero-order chi connectivity index (χ0) is 12.3. The van der Waals surface area contributed by atoms with Gasteiger partial charge >= 0.3 is 0 Å². The minimum atomic E-state index is -1.28. The molecule has 0 fully saturated rings. The summed E-state index contributed by atoms with van der Waals surface area (Å²) in [5.74, 6) is -2.57. The highest BCUT2D eigenvalue weighted by molar-refractivity contribution is 4.80. The van der Waals surface area contributed by atoms with Gasteiger partial charge in [0.25, 0.3) is 0 Å². The maximum absolute atomic E-state index is 5.84. The second kappa shape index (κ2) is 5.23. The zero-order valence-corrected chi connectivity index (χ0v) is 10.3. The highest BCUT2D eigenvalue weighted by Crippen LogP contribution is 2.22. The number of ether oxygens (including phenoxy) is 1. The summed E-state index contributed by atoms with van der Waals surface area (Å²) in [4.78, 5) is 0. The first-order chi connectivity index (χ1) is 6.67. The summed E-state index contributed by atoms with van der Waals surface area (Å²) < 4.78 is 5.44. The molecule has 0 aliphatic rings. The average Bonchev–Trinajstić information content (AvgIpc) is 2.13. The van der Waals surface area contributed by atoms with Crippen molar-refractivity contribution in [2.75, 3.05) is 0 Å². The molecule has 0 spiro atoms. The lowest BCUT2D eigenvalue weighted by Gasteiger charge is -2.40. The molecule has 2 atom stereocenters. The summed E-state index contributed by atoms with van der Waals surface area (Å²) in [5, 5.41) is 0. The summed E-state index contributed by atoms with van der Waals surface area (Å²) in [6.45, 7) is 7.79. The van der Waals surface area contributed by atoms with Crippen LogP contribution in [-0.2, 0) is 4.74 Å². The molecule has 8 N–H and O–H groups in total. The van der Waals surface area contributed by atoms with Crippen LogP contribution in [0.5, 0.6) is 0 Å². The first kappa shape index (κ1) is 14.8. The van der Waals surface area contributed by atoms with Crippen LogP contribution >= 0.6 is 0 Å². The molecule has 5 heteroatoms. The molecule has 0 aromatic rings. The van der Waals surface area contributed by atoms with Gasteiger partial charge in [0, 0.05) is 11.8 Å². The van der Waals surface area contributed by atoms with Crippen LogP contribution in [0, 0.1) is 11.8 Å². The predicted octanol–water partition coefficient (Wildman–Crippen LogP) is 0.238. The van der Waals surface area contributed by atoms with Gasteiger partial charge in [0.2, 0.25) is 0 Å². The lowest BCUT2D eigenvalue weighted by molar-refractivity contribution is -0.193. The van der Waals surface area contributed by atoms with E-state index in [4.69, 9.17) is 27.7 Å². The Morgan fingerprint density at radius 2 is 1.13 bits per heavy atom. The molecule has 0 amide bonds. The van der Waals surface area contributed by atoms with Gasteiger partial charge in [0.15, 0.2) is 11.7 Å². The quantitative estimate of drug-likeness (QED) is 0.477. The molecule has 2 unspecified atom stereocenters. The maximum Gasteiger partial charge on any atom is 0.175 e. The molecule has 15 heavy (non-hydrogen) atoms. The molecule has 92 valence electrons. The van der Waals surface area contributed by atoms with Crippen LogP contribution in [0.1, 0.15) is 40.5 Å². The summed E-state index contributed by atoms with van der Waals surface area (Å²) in [5.41, 5.74) is 23.4. The van der Waals surface area contributed by atoms with E-state index < -0.39 is 11.7 Å². The predicted molar refractivity (Wildman–Crippen MR) is 62.2 cm³/mol. The van der Waals surface area contributed by atoms with E-state index in [0.29, 0.717) is 0 Å². The molecule has 0 saturated carbocycles. The Hall–Kier alpha value is -0.200. The molecule has 0 rings (SSSR count). The van der Waals surface area contributed by atoms with Crippen LogP contribution in [0.3, 0.4) is 0 Å². The highest BCUT2D eigenvalue weighted by atomic mass is 16.6. The Morgan fingerprint density at radius 3 is 1.33 bits per heavy atom. The van der Waals surface area contributed by atoms with Crippen LogP contribution < -0.4 is 22.9 Å². The van der Waals surface area contributed by atoms with E-state index in [1.54, 1.807) is 0 Å². The molecular formula is C10H26N4O. The largest absolute Gasteiger partial charge is 0.313 e. The zero-order valence-electron chi connectivity index (χ0n) is 10.3. The van der Waals surface area contributed by atoms with Crippen molar-refractivity contribution in [3.8, 4) is 0 Å². The van der Waals surface area contributed by atoms with Crippen molar-refractivity contribution in [2.45, 2.75) is 52.2 Å². The minimum absolute atomic E-state index is 0.00645. The molecule has 0 aliphatic heterocycles. The lowest BCUT2D eigenvalue weighted by atomic mass is 10.0. The smallest absolute Gasteiger partial charge is 0.175 e. The number of hydrogen-bond donors (Lipinski definition) is 4. The van der Waals surface area contributed by atoms with Gasteiger partial charge in [0.1, 0.15) is 0 Å².